The van der Waals surface area contributed by atoms with Crippen molar-refractivity contribution >= 4 is 5.91 Å². The minimum absolute atomic E-state index is 0.102. The van der Waals surface area contributed by atoms with Crippen LogP contribution in [0, 0.1) is 11.3 Å². The van der Waals surface area contributed by atoms with Gasteiger partial charge in [0, 0.05) is 6.04 Å². The van der Waals surface area contributed by atoms with Gasteiger partial charge in [-0.15, -0.1) is 0 Å². The highest BCUT2D eigenvalue weighted by Gasteiger charge is 2.61. The van der Waals surface area contributed by atoms with Crippen LogP contribution < -0.4 is 10.6 Å². The predicted molar refractivity (Wildman–Crippen MR) is 58.4 cm³/mol. The van der Waals surface area contributed by atoms with Crippen molar-refractivity contribution in [1.29, 1.82) is 0 Å². The lowest BCUT2D eigenvalue weighted by Crippen LogP contribution is -2.45. The Morgan fingerprint density at radius 2 is 2.07 bits per heavy atom. The van der Waals surface area contributed by atoms with Crippen molar-refractivity contribution in [2.75, 3.05) is 13.1 Å². The van der Waals surface area contributed by atoms with E-state index in [0.29, 0.717) is 11.9 Å². The molecule has 0 aromatic heterocycles. The molecule has 0 bridgehead atoms. The first-order valence-electron chi connectivity index (χ1n) is 6.33. The van der Waals surface area contributed by atoms with Crippen LogP contribution in [-0.2, 0) is 4.79 Å². The number of hydrogen-bond acceptors (Lipinski definition) is 2. The van der Waals surface area contributed by atoms with Crippen LogP contribution in [0.3, 0.4) is 0 Å². The summed E-state index contributed by atoms with van der Waals surface area (Å²) in [5.74, 6) is 1.11. The van der Waals surface area contributed by atoms with Crippen LogP contribution in [0.15, 0.2) is 0 Å². The van der Waals surface area contributed by atoms with Crippen molar-refractivity contribution in [2.24, 2.45) is 11.3 Å². The molecule has 0 radical (unpaired) electrons. The van der Waals surface area contributed by atoms with Gasteiger partial charge < -0.3 is 10.6 Å². The Balaban J connectivity index is 1.56. The van der Waals surface area contributed by atoms with Gasteiger partial charge in [-0.25, -0.2) is 0 Å². The first-order chi connectivity index (χ1) is 7.31. The summed E-state index contributed by atoms with van der Waals surface area (Å²) in [6, 6.07) is 0.440. The molecule has 3 heteroatoms. The Hall–Kier alpha value is -0.570. The Bertz CT molecular complexity index is 273. The van der Waals surface area contributed by atoms with Gasteiger partial charge in [-0.1, -0.05) is 6.42 Å². The molecular weight excluding hydrogens is 188 g/mol. The lowest BCUT2D eigenvalue weighted by atomic mass is 10.0. The van der Waals surface area contributed by atoms with Crippen LogP contribution in [0.4, 0.5) is 0 Å². The average Bonchev–Trinajstić information content (AvgIpc) is 2.84. The van der Waals surface area contributed by atoms with E-state index < -0.39 is 0 Å². The predicted octanol–water partition coefficient (Wildman–Crippen LogP) is 1.04. The van der Waals surface area contributed by atoms with Crippen LogP contribution in [0.1, 0.15) is 38.5 Å². The number of nitrogens with one attached hydrogen (secondary N) is 2. The second-order valence-corrected chi connectivity index (χ2v) is 5.45. The fraction of sp³-hybridized carbons (Fsp3) is 0.917. The summed E-state index contributed by atoms with van der Waals surface area (Å²) in [5, 5.41) is 6.59. The van der Waals surface area contributed by atoms with E-state index in [1.807, 2.05) is 0 Å². The van der Waals surface area contributed by atoms with Crippen molar-refractivity contribution in [2.45, 2.75) is 44.6 Å². The van der Waals surface area contributed by atoms with Gasteiger partial charge in [-0.05, 0) is 51.1 Å². The SMILES string of the molecule is O=C(NC1CCNCC1)C12CCCC1C2. The summed E-state index contributed by atoms with van der Waals surface area (Å²) in [6.07, 6.45) is 7.08. The molecule has 15 heavy (non-hydrogen) atoms. The minimum Gasteiger partial charge on any atom is -0.353 e. The molecule has 1 aliphatic heterocycles. The van der Waals surface area contributed by atoms with E-state index in [1.54, 1.807) is 0 Å². The summed E-state index contributed by atoms with van der Waals surface area (Å²) < 4.78 is 0. The molecule has 0 aromatic carbocycles. The normalized spacial score (nSPS) is 39.9. The molecule has 1 heterocycles. The summed E-state index contributed by atoms with van der Waals surface area (Å²) in [4.78, 5) is 12.1. The van der Waals surface area contributed by atoms with Crippen LogP contribution in [0.5, 0.6) is 0 Å². The van der Waals surface area contributed by atoms with E-state index in [2.05, 4.69) is 10.6 Å². The highest BCUT2D eigenvalue weighted by molar-refractivity contribution is 5.86. The van der Waals surface area contributed by atoms with Gasteiger partial charge in [0.2, 0.25) is 5.91 Å². The molecule has 2 unspecified atom stereocenters. The van der Waals surface area contributed by atoms with Crippen molar-refractivity contribution < 1.29 is 4.79 Å². The zero-order valence-corrected chi connectivity index (χ0v) is 9.22. The maximum atomic E-state index is 12.1. The fourth-order valence-electron chi connectivity index (χ4n) is 3.42. The van der Waals surface area contributed by atoms with E-state index >= 15 is 0 Å². The topological polar surface area (TPSA) is 41.1 Å². The van der Waals surface area contributed by atoms with Crippen molar-refractivity contribution in [3.8, 4) is 0 Å². The van der Waals surface area contributed by atoms with Gasteiger partial charge in [0.1, 0.15) is 0 Å². The molecule has 2 atom stereocenters. The standard InChI is InChI=1S/C12H20N2O/c15-11(12-5-1-2-9(12)8-12)14-10-3-6-13-7-4-10/h9-10,13H,1-8H2,(H,14,15). The molecule has 2 saturated carbocycles. The van der Waals surface area contributed by atoms with E-state index in [-0.39, 0.29) is 5.41 Å². The van der Waals surface area contributed by atoms with E-state index in [4.69, 9.17) is 0 Å². The Morgan fingerprint density at radius 1 is 1.27 bits per heavy atom. The van der Waals surface area contributed by atoms with Crippen molar-refractivity contribution in [3.63, 3.8) is 0 Å². The lowest BCUT2D eigenvalue weighted by Gasteiger charge is -2.25. The lowest BCUT2D eigenvalue weighted by molar-refractivity contribution is -0.127. The van der Waals surface area contributed by atoms with Gasteiger partial charge >= 0.3 is 0 Å². The van der Waals surface area contributed by atoms with Gasteiger partial charge in [0.05, 0.1) is 5.41 Å². The number of amides is 1. The zero-order chi connectivity index (χ0) is 10.3. The molecule has 3 fully saturated rings. The maximum Gasteiger partial charge on any atom is 0.226 e. The summed E-state index contributed by atoms with van der Waals surface area (Å²) in [7, 11) is 0. The zero-order valence-electron chi connectivity index (χ0n) is 9.22. The number of piperidine rings is 1. The van der Waals surface area contributed by atoms with E-state index in [9.17, 15) is 4.79 Å². The Labute approximate surface area is 91.0 Å². The summed E-state index contributed by atoms with van der Waals surface area (Å²) in [6.45, 7) is 2.11. The highest BCUT2D eigenvalue weighted by Crippen LogP contribution is 2.63. The van der Waals surface area contributed by atoms with E-state index in [0.717, 1.165) is 38.3 Å². The molecule has 0 aromatic rings. The monoisotopic (exact) mass is 208 g/mol. The highest BCUT2D eigenvalue weighted by atomic mass is 16.2. The molecule has 3 nitrogen and oxygen atoms in total. The summed E-state index contributed by atoms with van der Waals surface area (Å²) in [5.41, 5.74) is 0.102. The molecule has 1 saturated heterocycles. The first kappa shape index (κ1) is 9.64. The quantitative estimate of drug-likeness (QED) is 0.712. The Kier molecular flexibility index (Phi) is 2.23. The molecule has 2 aliphatic carbocycles. The van der Waals surface area contributed by atoms with Crippen molar-refractivity contribution in [3.05, 3.63) is 0 Å². The van der Waals surface area contributed by atoms with Crippen LogP contribution in [-0.4, -0.2) is 25.0 Å². The molecule has 0 spiro atoms. The number of rotatable bonds is 2. The van der Waals surface area contributed by atoms with E-state index in [1.165, 1.54) is 19.3 Å². The number of carbonyl (C=O) groups is 1. The van der Waals surface area contributed by atoms with Crippen LogP contribution in [0.2, 0.25) is 0 Å². The third-order valence-electron chi connectivity index (χ3n) is 4.53. The van der Waals surface area contributed by atoms with Crippen molar-refractivity contribution in [1.82, 2.24) is 10.6 Å². The second-order valence-electron chi connectivity index (χ2n) is 5.45. The number of fused-ring (bicyclic) bond motifs is 1. The minimum atomic E-state index is 0.102. The van der Waals surface area contributed by atoms with Crippen LogP contribution in [0.25, 0.3) is 0 Å². The fourth-order valence-corrected chi connectivity index (χ4v) is 3.42. The van der Waals surface area contributed by atoms with Gasteiger partial charge in [-0.3, -0.25) is 4.79 Å². The molecular formula is C12H20N2O. The summed E-state index contributed by atoms with van der Waals surface area (Å²) >= 11 is 0. The molecule has 1 amide bonds. The average molecular weight is 208 g/mol. The molecule has 2 N–H and O–H groups in total. The van der Waals surface area contributed by atoms with Gasteiger partial charge in [0.15, 0.2) is 0 Å². The first-order valence-corrected chi connectivity index (χ1v) is 6.33. The smallest absolute Gasteiger partial charge is 0.226 e. The van der Waals surface area contributed by atoms with Gasteiger partial charge in [-0.2, -0.15) is 0 Å². The maximum absolute atomic E-state index is 12.1. The molecule has 3 rings (SSSR count). The molecule has 3 aliphatic rings. The largest absolute Gasteiger partial charge is 0.353 e. The Morgan fingerprint density at radius 3 is 2.67 bits per heavy atom. The second kappa shape index (κ2) is 3.48. The van der Waals surface area contributed by atoms with Gasteiger partial charge in [0.25, 0.3) is 0 Å². The third-order valence-corrected chi connectivity index (χ3v) is 4.53. The molecule has 84 valence electrons. The van der Waals surface area contributed by atoms with Crippen LogP contribution >= 0.6 is 0 Å². The number of carbonyl (C=O) groups excluding carboxylic acids is 1. The number of hydrogen-bond donors (Lipinski definition) is 2. The third kappa shape index (κ3) is 1.57.